The standard InChI is InChI=1S/C28H25BrN2O6/c1-28-19(26(35)31(27(28)36)14-6-4-3-5-7-14)12-17-15(8-9-16-21(17)25(34)30-24(16)33)22(28)18-10-13(29)11-20(37-2)23(18)32/h3-8,10-11,16-17,19,21-22,32H,9,12H2,1-2H3,(H,30,33,34)/t16-,17+,19-,21-,22+,28+/m0/s1. The number of nitrogens with one attached hydrogen (secondary N) is 1. The second-order valence-electron chi connectivity index (χ2n) is 10.4. The van der Waals surface area contributed by atoms with Gasteiger partial charge >= 0.3 is 0 Å². The van der Waals surface area contributed by atoms with Crippen LogP contribution in [-0.2, 0) is 19.2 Å². The third-order valence-corrected chi connectivity index (χ3v) is 9.19. The number of amides is 4. The minimum atomic E-state index is -1.23. The topological polar surface area (TPSA) is 113 Å². The predicted molar refractivity (Wildman–Crippen MR) is 137 cm³/mol. The van der Waals surface area contributed by atoms with Gasteiger partial charge in [-0.05, 0) is 49.9 Å². The summed E-state index contributed by atoms with van der Waals surface area (Å²) in [5.41, 5.74) is 0.488. The van der Waals surface area contributed by atoms with Crippen molar-refractivity contribution in [1.29, 1.82) is 0 Å². The zero-order valence-electron chi connectivity index (χ0n) is 20.2. The summed E-state index contributed by atoms with van der Waals surface area (Å²) in [7, 11) is 1.44. The number of para-hydroxylation sites is 1. The molecule has 1 saturated carbocycles. The number of hydrogen-bond acceptors (Lipinski definition) is 6. The Bertz CT molecular complexity index is 1400. The lowest BCUT2D eigenvalue weighted by molar-refractivity contribution is -0.131. The summed E-state index contributed by atoms with van der Waals surface area (Å²) in [6.45, 7) is 1.78. The van der Waals surface area contributed by atoms with Gasteiger partial charge < -0.3 is 9.84 Å². The van der Waals surface area contributed by atoms with Crippen molar-refractivity contribution in [3.05, 3.63) is 64.1 Å². The first-order chi connectivity index (χ1) is 17.7. The van der Waals surface area contributed by atoms with Crippen molar-refractivity contribution < 1.29 is 29.0 Å². The molecule has 2 heterocycles. The van der Waals surface area contributed by atoms with Crippen LogP contribution in [0, 0.1) is 29.1 Å². The molecule has 0 bridgehead atoms. The fourth-order valence-corrected chi connectivity index (χ4v) is 7.52. The number of halogens is 1. The number of nitrogens with zero attached hydrogens (tertiary/aromatic N) is 1. The zero-order valence-corrected chi connectivity index (χ0v) is 21.8. The van der Waals surface area contributed by atoms with Crippen LogP contribution in [0.1, 0.15) is 31.2 Å². The van der Waals surface area contributed by atoms with Crippen molar-refractivity contribution in [2.45, 2.75) is 25.7 Å². The Balaban J connectivity index is 1.59. The molecule has 0 aromatic heterocycles. The maximum Gasteiger partial charge on any atom is 0.241 e. The van der Waals surface area contributed by atoms with Crippen molar-refractivity contribution >= 4 is 45.2 Å². The largest absolute Gasteiger partial charge is 0.504 e. The summed E-state index contributed by atoms with van der Waals surface area (Å²) < 4.78 is 6.04. The molecule has 4 aliphatic rings. The normalized spacial score (nSPS) is 32.5. The molecular weight excluding hydrogens is 540 g/mol. The molecule has 2 aliphatic carbocycles. The van der Waals surface area contributed by atoms with Gasteiger partial charge in [0.05, 0.1) is 36.0 Å². The number of benzene rings is 2. The molecule has 6 atom stereocenters. The van der Waals surface area contributed by atoms with E-state index in [-0.39, 0.29) is 41.5 Å². The summed E-state index contributed by atoms with van der Waals surface area (Å²) in [5, 5.41) is 13.7. The first kappa shape index (κ1) is 23.9. The lowest BCUT2D eigenvalue weighted by Crippen LogP contribution is -2.48. The van der Waals surface area contributed by atoms with E-state index in [2.05, 4.69) is 21.2 Å². The van der Waals surface area contributed by atoms with Gasteiger partial charge in [-0.15, -0.1) is 0 Å². The van der Waals surface area contributed by atoms with Crippen molar-refractivity contribution in [3.8, 4) is 11.5 Å². The number of carbonyl (C=O) groups is 4. The van der Waals surface area contributed by atoms with Gasteiger partial charge in [-0.1, -0.05) is 45.8 Å². The van der Waals surface area contributed by atoms with Gasteiger partial charge in [-0.3, -0.25) is 24.5 Å². The Hall–Kier alpha value is -3.46. The number of methoxy groups -OCH3 is 1. The first-order valence-electron chi connectivity index (χ1n) is 12.2. The smallest absolute Gasteiger partial charge is 0.241 e. The molecule has 0 radical (unpaired) electrons. The van der Waals surface area contributed by atoms with Gasteiger partial charge in [-0.2, -0.15) is 0 Å². The van der Waals surface area contributed by atoms with Gasteiger partial charge in [0, 0.05) is 16.0 Å². The van der Waals surface area contributed by atoms with E-state index >= 15 is 0 Å². The summed E-state index contributed by atoms with van der Waals surface area (Å²) in [6, 6.07) is 12.2. The maximum absolute atomic E-state index is 14.2. The van der Waals surface area contributed by atoms with Crippen molar-refractivity contribution in [1.82, 2.24) is 5.32 Å². The number of carbonyl (C=O) groups excluding carboxylic acids is 4. The minimum absolute atomic E-state index is 0.121. The summed E-state index contributed by atoms with van der Waals surface area (Å²) in [4.78, 5) is 54.9. The highest BCUT2D eigenvalue weighted by atomic mass is 79.9. The molecule has 190 valence electrons. The van der Waals surface area contributed by atoms with Crippen LogP contribution in [0.25, 0.3) is 0 Å². The Morgan fingerprint density at radius 1 is 1.08 bits per heavy atom. The summed E-state index contributed by atoms with van der Waals surface area (Å²) in [5.74, 6) is -4.25. The molecule has 2 N–H and O–H groups in total. The van der Waals surface area contributed by atoms with Crippen molar-refractivity contribution in [3.63, 3.8) is 0 Å². The highest BCUT2D eigenvalue weighted by Crippen LogP contribution is 2.64. The van der Waals surface area contributed by atoms with Gasteiger partial charge in [0.25, 0.3) is 0 Å². The van der Waals surface area contributed by atoms with Crippen LogP contribution in [0.3, 0.4) is 0 Å². The van der Waals surface area contributed by atoms with Crippen LogP contribution >= 0.6 is 15.9 Å². The molecular formula is C28H25BrN2O6. The number of ether oxygens (including phenoxy) is 1. The number of anilines is 1. The van der Waals surface area contributed by atoms with Gasteiger partial charge in [-0.25, -0.2) is 4.90 Å². The lowest BCUT2D eigenvalue weighted by atomic mass is 9.51. The Morgan fingerprint density at radius 2 is 1.81 bits per heavy atom. The van der Waals surface area contributed by atoms with E-state index in [0.717, 1.165) is 5.57 Å². The fourth-order valence-electron chi connectivity index (χ4n) is 7.06. The SMILES string of the molecule is COc1cc(Br)cc([C@H]2C3=CC[C@@H]4C(=O)NC(=O)[C@@H]4[C@@H]3C[C@H]3C(=O)N(c4ccccc4)C(=O)[C@@]23C)c1O. The second-order valence-corrected chi connectivity index (χ2v) is 11.3. The first-order valence-corrected chi connectivity index (χ1v) is 13.0. The number of fused-ring (bicyclic) bond motifs is 4. The molecule has 0 unspecified atom stereocenters. The number of aromatic hydroxyl groups is 1. The number of rotatable bonds is 3. The fraction of sp³-hybridized carbons (Fsp3) is 0.357. The molecule has 37 heavy (non-hydrogen) atoms. The van der Waals surface area contributed by atoms with Gasteiger partial charge in [0.1, 0.15) is 0 Å². The van der Waals surface area contributed by atoms with E-state index in [1.54, 1.807) is 43.3 Å². The van der Waals surface area contributed by atoms with E-state index < -0.39 is 35.0 Å². The van der Waals surface area contributed by atoms with Crippen LogP contribution in [-0.4, -0.2) is 35.8 Å². The summed E-state index contributed by atoms with van der Waals surface area (Å²) in [6.07, 6.45) is 2.55. The third kappa shape index (κ3) is 3.19. The molecule has 0 spiro atoms. The number of phenols is 1. The van der Waals surface area contributed by atoms with E-state index in [9.17, 15) is 24.3 Å². The molecule has 8 nitrogen and oxygen atoms in total. The Morgan fingerprint density at radius 3 is 2.51 bits per heavy atom. The van der Waals surface area contributed by atoms with Crippen molar-refractivity contribution in [2.24, 2.45) is 29.1 Å². The van der Waals surface area contributed by atoms with Crippen LogP contribution in [0.5, 0.6) is 11.5 Å². The molecule has 2 aromatic carbocycles. The number of hydrogen-bond donors (Lipinski definition) is 2. The molecule has 2 aliphatic heterocycles. The highest BCUT2D eigenvalue weighted by Gasteiger charge is 2.67. The Kier molecular flexibility index (Phi) is 5.35. The number of imide groups is 2. The van der Waals surface area contributed by atoms with E-state index in [1.807, 2.05) is 12.1 Å². The van der Waals surface area contributed by atoms with Crippen LogP contribution in [0.15, 0.2) is 58.6 Å². The second kappa shape index (κ2) is 8.28. The quantitative estimate of drug-likeness (QED) is 0.434. The molecule has 4 amide bonds. The molecule has 9 heteroatoms. The predicted octanol–water partition coefficient (Wildman–Crippen LogP) is 3.68. The molecule has 3 fully saturated rings. The third-order valence-electron chi connectivity index (χ3n) is 8.73. The van der Waals surface area contributed by atoms with Gasteiger partial charge in [0.2, 0.25) is 23.6 Å². The monoisotopic (exact) mass is 564 g/mol. The molecule has 2 aromatic rings. The summed E-state index contributed by atoms with van der Waals surface area (Å²) >= 11 is 3.49. The van der Waals surface area contributed by atoms with Crippen LogP contribution < -0.4 is 15.0 Å². The van der Waals surface area contributed by atoms with E-state index in [1.165, 1.54) is 12.0 Å². The Labute approximate surface area is 221 Å². The van der Waals surface area contributed by atoms with Gasteiger partial charge in [0.15, 0.2) is 11.5 Å². The van der Waals surface area contributed by atoms with Crippen LogP contribution in [0.4, 0.5) is 5.69 Å². The average molecular weight is 565 g/mol. The van der Waals surface area contributed by atoms with Crippen LogP contribution in [0.2, 0.25) is 0 Å². The highest BCUT2D eigenvalue weighted by molar-refractivity contribution is 9.10. The minimum Gasteiger partial charge on any atom is -0.504 e. The maximum atomic E-state index is 14.2. The lowest BCUT2D eigenvalue weighted by Gasteiger charge is -2.49. The van der Waals surface area contributed by atoms with E-state index in [0.29, 0.717) is 22.1 Å². The van der Waals surface area contributed by atoms with Crippen molar-refractivity contribution in [2.75, 3.05) is 12.0 Å². The van der Waals surface area contributed by atoms with E-state index in [4.69, 9.17) is 4.74 Å². The molecule has 6 rings (SSSR count). The average Bonchev–Trinajstić information content (AvgIpc) is 3.28. The molecule has 2 saturated heterocycles. The number of allylic oxidation sites excluding steroid dienone is 2. The zero-order chi connectivity index (χ0) is 26.2. The number of phenolic OH excluding ortho intramolecular Hbond substituents is 1.